The average Bonchev–Trinajstić information content (AvgIpc) is 2.95. The molecule has 0 saturated carbocycles. The largest absolute Gasteiger partial charge is 0.504 e. The highest BCUT2D eigenvalue weighted by Gasteiger charge is 2.54. The molecule has 2 atom stereocenters. The van der Waals surface area contributed by atoms with Crippen molar-refractivity contribution in [1.82, 2.24) is 10.2 Å². The second-order valence-corrected chi connectivity index (χ2v) is 6.33. The molecule has 0 aliphatic carbocycles. The summed E-state index contributed by atoms with van der Waals surface area (Å²) in [6.07, 6.45) is -3.63. The monoisotopic (exact) mass is 352 g/mol. The first-order valence-electron chi connectivity index (χ1n) is 7.76. The summed E-state index contributed by atoms with van der Waals surface area (Å²) in [5.41, 5.74) is -0.916. The first-order valence-corrected chi connectivity index (χ1v) is 7.76. The zero-order valence-corrected chi connectivity index (χ0v) is 13.0. The number of phenolic OH excluding ortho intramolecular Hbond substituents is 1. The lowest BCUT2D eigenvalue weighted by Crippen LogP contribution is -2.57. The molecule has 0 bridgehead atoms. The average molecular weight is 352 g/mol. The van der Waals surface area contributed by atoms with Gasteiger partial charge in [0, 0.05) is 25.1 Å². The van der Waals surface area contributed by atoms with Crippen LogP contribution in [0, 0.1) is 5.82 Å². The van der Waals surface area contributed by atoms with E-state index in [1.54, 1.807) is 0 Å². The molecular weight excluding hydrogens is 337 g/mol. The minimum Gasteiger partial charge on any atom is -0.504 e. The quantitative estimate of drug-likeness (QED) is 0.767. The van der Waals surface area contributed by atoms with Gasteiger partial charge in [0.2, 0.25) is 0 Å². The van der Waals surface area contributed by atoms with E-state index in [1.165, 1.54) is 23.1 Å². The van der Waals surface area contributed by atoms with Gasteiger partial charge in [-0.3, -0.25) is 0 Å². The number of hydrogen-bond donors (Lipinski definition) is 3. The zero-order chi connectivity index (χ0) is 17.8. The standard InChI is InChI=1S/C16H15F3N4O2/c17-10-3-1-2-9(13(10)25)11-4-12-14(22-21-11)20-7-16(15(18)19)5-8(24)6-23(12)16/h1-4,8,15,24-25H,5-7H2,(H,20,22)/t8-,16+/m1/s1. The first kappa shape index (κ1) is 15.9. The van der Waals surface area contributed by atoms with Gasteiger partial charge in [-0.25, -0.2) is 13.2 Å². The van der Waals surface area contributed by atoms with Crippen molar-refractivity contribution < 1.29 is 23.4 Å². The number of alkyl halides is 2. The normalized spacial score (nSPS) is 24.8. The molecule has 1 fully saturated rings. The molecule has 3 N–H and O–H groups in total. The minimum absolute atomic E-state index is 0.0410. The fourth-order valence-electron chi connectivity index (χ4n) is 3.57. The molecule has 0 spiro atoms. The second-order valence-electron chi connectivity index (χ2n) is 6.33. The Morgan fingerprint density at radius 1 is 1.32 bits per heavy atom. The number of aliphatic hydroxyl groups is 1. The number of hydrogen-bond acceptors (Lipinski definition) is 6. The lowest BCUT2D eigenvalue weighted by Gasteiger charge is -2.43. The maximum Gasteiger partial charge on any atom is 0.263 e. The van der Waals surface area contributed by atoms with Crippen LogP contribution in [0.2, 0.25) is 0 Å². The highest BCUT2D eigenvalue weighted by Crippen LogP contribution is 2.45. The van der Waals surface area contributed by atoms with E-state index in [1.807, 2.05) is 0 Å². The Labute approximate surface area is 140 Å². The Balaban J connectivity index is 1.83. The third-order valence-corrected chi connectivity index (χ3v) is 4.82. The lowest BCUT2D eigenvalue weighted by atomic mass is 9.93. The molecule has 1 aromatic carbocycles. The van der Waals surface area contributed by atoms with Crippen LogP contribution in [-0.4, -0.2) is 51.6 Å². The molecule has 0 unspecified atom stereocenters. The smallest absolute Gasteiger partial charge is 0.263 e. The van der Waals surface area contributed by atoms with Gasteiger partial charge in [0.15, 0.2) is 17.4 Å². The number of halogens is 3. The molecular formula is C16H15F3N4O2. The Morgan fingerprint density at radius 2 is 2.12 bits per heavy atom. The molecule has 3 heterocycles. The van der Waals surface area contributed by atoms with Gasteiger partial charge in [-0.2, -0.15) is 0 Å². The van der Waals surface area contributed by atoms with Crippen LogP contribution in [0.4, 0.5) is 24.7 Å². The van der Waals surface area contributed by atoms with Crippen molar-refractivity contribution in [3.8, 4) is 17.0 Å². The molecule has 0 radical (unpaired) electrons. The molecule has 4 rings (SSSR count). The van der Waals surface area contributed by atoms with Crippen molar-refractivity contribution in [2.45, 2.75) is 24.5 Å². The van der Waals surface area contributed by atoms with Crippen molar-refractivity contribution >= 4 is 11.5 Å². The summed E-state index contributed by atoms with van der Waals surface area (Å²) in [6.45, 7) is -0.0206. The molecule has 6 nitrogen and oxygen atoms in total. The van der Waals surface area contributed by atoms with Crippen LogP contribution < -0.4 is 10.2 Å². The summed E-state index contributed by atoms with van der Waals surface area (Å²) in [6, 6.07) is 5.44. The van der Waals surface area contributed by atoms with Gasteiger partial charge in [-0.1, -0.05) is 6.07 Å². The highest BCUT2D eigenvalue weighted by atomic mass is 19.3. The van der Waals surface area contributed by atoms with E-state index in [2.05, 4.69) is 15.5 Å². The fraction of sp³-hybridized carbons (Fsp3) is 0.375. The van der Waals surface area contributed by atoms with Gasteiger partial charge >= 0.3 is 0 Å². The van der Waals surface area contributed by atoms with Gasteiger partial charge < -0.3 is 20.4 Å². The fourth-order valence-corrected chi connectivity index (χ4v) is 3.57. The van der Waals surface area contributed by atoms with Crippen LogP contribution in [-0.2, 0) is 0 Å². The Bertz CT molecular complexity index is 835. The Morgan fingerprint density at radius 3 is 2.88 bits per heavy atom. The number of nitrogens with one attached hydrogen (secondary N) is 1. The summed E-state index contributed by atoms with van der Waals surface area (Å²) in [4.78, 5) is 1.43. The first-order chi connectivity index (χ1) is 11.9. The van der Waals surface area contributed by atoms with Crippen molar-refractivity contribution in [1.29, 1.82) is 0 Å². The summed E-state index contributed by atoms with van der Waals surface area (Å²) in [7, 11) is 0. The van der Waals surface area contributed by atoms with E-state index < -0.39 is 29.6 Å². The molecule has 0 amide bonds. The molecule has 25 heavy (non-hydrogen) atoms. The predicted octanol–water partition coefficient (Wildman–Crippen LogP) is 1.99. The zero-order valence-electron chi connectivity index (χ0n) is 13.0. The maximum absolute atomic E-state index is 13.8. The van der Waals surface area contributed by atoms with Crippen molar-refractivity contribution in [2.24, 2.45) is 0 Å². The van der Waals surface area contributed by atoms with E-state index in [0.29, 0.717) is 11.5 Å². The van der Waals surface area contributed by atoms with Crippen LogP contribution >= 0.6 is 0 Å². The number of benzene rings is 1. The molecule has 2 aromatic rings. The third kappa shape index (κ3) is 2.30. The molecule has 132 valence electrons. The molecule has 2 aliphatic heterocycles. The van der Waals surface area contributed by atoms with Crippen LogP contribution in [0.1, 0.15) is 6.42 Å². The number of phenols is 1. The van der Waals surface area contributed by atoms with Gasteiger partial charge in [-0.05, 0) is 18.2 Å². The topological polar surface area (TPSA) is 81.5 Å². The highest BCUT2D eigenvalue weighted by molar-refractivity contribution is 5.77. The number of aromatic hydroxyl groups is 1. The van der Waals surface area contributed by atoms with E-state index in [0.717, 1.165) is 6.07 Å². The SMILES string of the molecule is Oc1c(F)cccc1-c1cc2c(nn1)NC[C@]1(C(F)F)C[C@@H](O)CN21. The minimum atomic E-state index is -2.68. The van der Waals surface area contributed by atoms with E-state index in [9.17, 15) is 23.4 Å². The summed E-state index contributed by atoms with van der Waals surface area (Å²) >= 11 is 0. The molecule has 1 aromatic heterocycles. The number of fused-ring (bicyclic) bond motifs is 3. The number of nitrogens with zero attached hydrogens (tertiary/aromatic N) is 3. The van der Waals surface area contributed by atoms with Gasteiger partial charge in [0.05, 0.1) is 17.5 Å². The van der Waals surface area contributed by atoms with Crippen LogP contribution in [0.25, 0.3) is 11.3 Å². The van der Waals surface area contributed by atoms with Gasteiger partial charge in [0.1, 0.15) is 5.54 Å². The summed E-state index contributed by atoms with van der Waals surface area (Å²) in [5.74, 6) is -1.08. The molecule has 9 heteroatoms. The Hall–Kier alpha value is -2.55. The van der Waals surface area contributed by atoms with Crippen molar-refractivity contribution in [3.63, 3.8) is 0 Å². The number of aromatic nitrogens is 2. The van der Waals surface area contributed by atoms with E-state index >= 15 is 0 Å². The third-order valence-electron chi connectivity index (χ3n) is 4.82. The van der Waals surface area contributed by atoms with Crippen LogP contribution in [0.15, 0.2) is 24.3 Å². The number of para-hydroxylation sites is 1. The lowest BCUT2D eigenvalue weighted by molar-refractivity contribution is 0.0509. The maximum atomic E-state index is 13.8. The number of anilines is 2. The number of rotatable bonds is 2. The second kappa shape index (κ2) is 5.48. The van der Waals surface area contributed by atoms with Gasteiger partial charge in [-0.15, -0.1) is 10.2 Å². The van der Waals surface area contributed by atoms with E-state index in [-0.39, 0.29) is 30.8 Å². The predicted molar refractivity (Wildman–Crippen MR) is 84.3 cm³/mol. The van der Waals surface area contributed by atoms with Crippen molar-refractivity contribution in [3.05, 3.63) is 30.1 Å². The van der Waals surface area contributed by atoms with Crippen LogP contribution in [0.5, 0.6) is 5.75 Å². The molecule has 2 aliphatic rings. The van der Waals surface area contributed by atoms with Crippen molar-refractivity contribution in [2.75, 3.05) is 23.3 Å². The molecule has 1 saturated heterocycles. The Kier molecular flexibility index (Phi) is 3.50. The summed E-state index contributed by atoms with van der Waals surface area (Å²) in [5, 5.41) is 30.6. The number of β-amino-alcohol motifs (C(OH)–C–C–N with tert-alkyl or cyclic N) is 1. The number of aliphatic hydroxyl groups excluding tert-OH is 1. The van der Waals surface area contributed by atoms with Gasteiger partial charge in [0.25, 0.3) is 6.43 Å². The van der Waals surface area contributed by atoms with E-state index in [4.69, 9.17) is 0 Å². The summed E-state index contributed by atoms with van der Waals surface area (Å²) < 4.78 is 41.1. The van der Waals surface area contributed by atoms with Crippen LogP contribution in [0.3, 0.4) is 0 Å².